The fourth-order valence-electron chi connectivity index (χ4n) is 8.02. The zero-order valence-corrected chi connectivity index (χ0v) is 27.9. The van der Waals surface area contributed by atoms with Gasteiger partial charge in [0.2, 0.25) is 0 Å². The fraction of sp³-hybridized carbons (Fsp3) is 0.0426. The smallest absolute Gasteiger partial charge is 0.165 e. The monoisotopic (exact) mass is 667 g/mol. The van der Waals surface area contributed by atoms with Crippen molar-refractivity contribution in [3.63, 3.8) is 0 Å². The molecule has 2 aliphatic carbocycles. The Balaban J connectivity index is 1.18. The minimum atomic E-state index is 0.218. The number of furan rings is 2. The predicted molar refractivity (Wildman–Crippen MR) is 210 cm³/mol. The number of rotatable bonds is 4. The van der Waals surface area contributed by atoms with Crippen LogP contribution in [-0.4, -0.2) is 15.0 Å². The van der Waals surface area contributed by atoms with Gasteiger partial charge >= 0.3 is 0 Å². The number of benzene rings is 6. The maximum atomic E-state index is 6.47. The van der Waals surface area contributed by atoms with Crippen LogP contribution in [0.1, 0.15) is 22.6 Å². The topological polar surface area (TPSA) is 65.0 Å². The number of hydrogen-bond donors (Lipinski definition) is 0. The van der Waals surface area contributed by atoms with Crippen LogP contribution in [0.25, 0.3) is 89.7 Å². The lowest BCUT2D eigenvalue weighted by Crippen LogP contribution is -2.14. The van der Waals surface area contributed by atoms with E-state index in [0.717, 1.165) is 71.7 Å². The minimum Gasteiger partial charge on any atom is -0.456 e. The van der Waals surface area contributed by atoms with Crippen molar-refractivity contribution in [2.45, 2.75) is 5.92 Å². The van der Waals surface area contributed by atoms with Gasteiger partial charge in [-0.05, 0) is 58.7 Å². The van der Waals surface area contributed by atoms with Gasteiger partial charge in [-0.3, -0.25) is 0 Å². The predicted octanol–water partition coefficient (Wildman–Crippen LogP) is 12.1. The van der Waals surface area contributed by atoms with E-state index in [1.807, 2.05) is 66.7 Å². The first-order valence-corrected chi connectivity index (χ1v) is 17.6. The number of fused-ring (bicyclic) bond motifs is 9. The van der Waals surface area contributed by atoms with Crippen LogP contribution in [0, 0.1) is 5.92 Å². The third-order valence-electron chi connectivity index (χ3n) is 10.5. The van der Waals surface area contributed by atoms with Crippen molar-refractivity contribution in [1.29, 1.82) is 0 Å². The van der Waals surface area contributed by atoms with Crippen LogP contribution in [0.2, 0.25) is 0 Å². The van der Waals surface area contributed by atoms with Crippen molar-refractivity contribution >= 4 is 55.5 Å². The normalized spacial score (nSPS) is 16.4. The molecule has 0 fully saturated rings. The molecule has 0 N–H and O–H groups in total. The first-order valence-electron chi connectivity index (χ1n) is 17.6. The molecule has 3 aromatic heterocycles. The molecule has 2 aliphatic rings. The second-order valence-corrected chi connectivity index (χ2v) is 13.5. The highest BCUT2D eigenvalue weighted by molar-refractivity contribution is 6.14. The maximum Gasteiger partial charge on any atom is 0.165 e. The van der Waals surface area contributed by atoms with Gasteiger partial charge in [-0.25, -0.2) is 15.0 Å². The lowest BCUT2D eigenvalue weighted by atomic mass is 9.74. The molecule has 5 nitrogen and oxygen atoms in total. The second kappa shape index (κ2) is 11.3. The van der Waals surface area contributed by atoms with E-state index in [4.69, 9.17) is 23.8 Å². The Bertz CT molecular complexity index is 2980. The van der Waals surface area contributed by atoms with E-state index in [2.05, 4.69) is 97.1 Å². The molecule has 2 unspecified atom stereocenters. The zero-order valence-electron chi connectivity index (χ0n) is 27.9. The molecule has 11 rings (SSSR count). The average Bonchev–Trinajstić information content (AvgIpc) is 3.78. The quantitative estimate of drug-likeness (QED) is 0.187. The summed E-state index contributed by atoms with van der Waals surface area (Å²) in [7, 11) is 0. The van der Waals surface area contributed by atoms with Gasteiger partial charge in [0.05, 0.1) is 0 Å². The lowest BCUT2D eigenvalue weighted by Gasteiger charge is -2.29. The summed E-state index contributed by atoms with van der Waals surface area (Å²) in [6.45, 7) is 0. The van der Waals surface area contributed by atoms with Crippen molar-refractivity contribution in [2.24, 2.45) is 5.92 Å². The molecule has 2 atom stereocenters. The standard InChI is InChI=1S/C47H29N3O2/c1-2-11-30(12-3-1)45-48-46(32-22-23-36-35-14-6-8-16-39(35)52-42(36)27-32)50-47(49-45)44-34(24-25-41-43(44)37-15-7-9-17-40(37)51-41)31-21-20-29-19-18-28-10-4-5-13-33(28)38(29)26-31/h1-27,29,38H. The van der Waals surface area contributed by atoms with Crippen molar-refractivity contribution in [1.82, 2.24) is 15.0 Å². The zero-order chi connectivity index (χ0) is 34.2. The van der Waals surface area contributed by atoms with Crippen LogP contribution in [0.4, 0.5) is 0 Å². The van der Waals surface area contributed by atoms with Crippen LogP contribution in [0.15, 0.2) is 167 Å². The third-order valence-corrected chi connectivity index (χ3v) is 10.5. The summed E-state index contributed by atoms with van der Waals surface area (Å²) in [5, 5.41) is 4.14. The van der Waals surface area contributed by atoms with E-state index in [9.17, 15) is 0 Å². The molecule has 6 aromatic carbocycles. The summed E-state index contributed by atoms with van der Waals surface area (Å²) in [6.07, 6.45) is 11.5. The SMILES string of the molecule is C1=CC2C=Cc3ccccc3C2C=C1c1ccc2oc3ccccc3c2c1-c1nc(-c2ccccc2)nc(-c2ccc3c(c2)oc2ccccc23)n1. The van der Waals surface area contributed by atoms with Gasteiger partial charge in [0, 0.05) is 50.1 Å². The number of aromatic nitrogens is 3. The molecule has 0 amide bonds. The summed E-state index contributed by atoms with van der Waals surface area (Å²) in [5.41, 5.74) is 10.7. The van der Waals surface area contributed by atoms with Crippen LogP contribution in [0.3, 0.4) is 0 Å². The molecule has 0 saturated carbocycles. The highest BCUT2D eigenvalue weighted by atomic mass is 16.3. The fourth-order valence-corrected chi connectivity index (χ4v) is 8.02. The largest absolute Gasteiger partial charge is 0.456 e. The summed E-state index contributed by atoms with van der Waals surface area (Å²) < 4.78 is 12.8. The molecule has 3 heterocycles. The Morgan fingerprint density at radius 1 is 0.481 bits per heavy atom. The summed E-state index contributed by atoms with van der Waals surface area (Å²) >= 11 is 0. The number of hydrogen-bond acceptors (Lipinski definition) is 5. The van der Waals surface area contributed by atoms with Gasteiger partial charge in [0.1, 0.15) is 22.3 Å². The van der Waals surface area contributed by atoms with E-state index < -0.39 is 0 Å². The third kappa shape index (κ3) is 4.53. The average molecular weight is 668 g/mol. The highest BCUT2D eigenvalue weighted by Crippen LogP contribution is 2.46. The van der Waals surface area contributed by atoms with Crippen LogP contribution in [-0.2, 0) is 0 Å². The Hall–Kier alpha value is -6.85. The summed E-state index contributed by atoms with van der Waals surface area (Å²) in [6, 6.07) is 45.6. The lowest BCUT2D eigenvalue weighted by molar-refractivity contribution is 0.668. The Morgan fingerprint density at radius 2 is 1.15 bits per heavy atom. The van der Waals surface area contributed by atoms with Crippen molar-refractivity contribution in [3.8, 4) is 34.2 Å². The first kappa shape index (κ1) is 28.9. The van der Waals surface area contributed by atoms with E-state index in [-0.39, 0.29) is 5.92 Å². The van der Waals surface area contributed by atoms with E-state index in [1.54, 1.807) is 0 Å². The summed E-state index contributed by atoms with van der Waals surface area (Å²) in [5.74, 6) is 2.26. The molecule has 9 aromatic rings. The molecule has 0 bridgehead atoms. The highest BCUT2D eigenvalue weighted by Gasteiger charge is 2.28. The number of allylic oxidation sites excluding steroid dienone is 5. The Morgan fingerprint density at radius 3 is 2.04 bits per heavy atom. The molecule has 0 saturated heterocycles. The molecule has 0 radical (unpaired) electrons. The van der Waals surface area contributed by atoms with Crippen molar-refractivity contribution in [2.75, 3.05) is 0 Å². The molecule has 0 spiro atoms. The Labute approximate surface area is 298 Å². The molecule has 0 aliphatic heterocycles. The minimum absolute atomic E-state index is 0.218. The van der Waals surface area contributed by atoms with Crippen molar-refractivity contribution in [3.05, 3.63) is 174 Å². The molecule has 52 heavy (non-hydrogen) atoms. The van der Waals surface area contributed by atoms with E-state index >= 15 is 0 Å². The van der Waals surface area contributed by atoms with Gasteiger partial charge in [0.25, 0.3) is 0 Å². The van der Waals surface area contributed by atoms with Crippen LogP contribution < -0.4 is 0 Å². The molecule has 244 valence electrons. The molecule has 5 heteroatoms. The van der Waals surface area contributed by atoms with Crippen molar-refractivity contribution < 1.29 is 8.83 Å². The summed E-state index contributed by atoms with van der Waals surface area (Å²) in [4.78, 5) is 15.6. The van der Waals surface area contributed by atoms with Gasteiger partial charge in [-0.15, -0.1) is 0 Å². The molecular formula is C47H29N3O2. The van der Waals surface area contributed by atoms with E-state index in [1.165, 1.54) is 11.1 Å². The number of nitrogens with zero attached hydrogens (tertiary/aromatic N) is 3. The Kier molecular flexibility index (Phi) is 6.31. The second-order valence-electron chi connectivity index (χ2n) is 13.5. The van der Waals surface area contributed by atoms with Crippen LogP contribution >= 0.6 is 0 Å². The van der Waals surface area contributed by atoms with Gasteiger partial charge < -0.3 is 8.83 Å². The van der Waals surface area contributed by atoms with Gasteiger partial charge in [0.15, 0.2) is 17.5 Å². The molecular weight excluding hydrogens is 639 g/mol. The van der Waals surface area contributed by atoms with Gasteiger partial charge in [-0.1, -0.05) is 127 Å². The maximum absolute atomic E-state index is 6.47. The van der Waals surface area contributed by atoms with Gasteiger partial charge in [-0.2, -0.15) is 0 Å². The number of para-hydroxylation sites is 2. The van der Waals surface area contributed by atoms with E-state index in [0.29, 0.717) is 23.4 Å². The van der Waals surface area contributed by atoms with Crippen LogP contribution in [0.5, 0.6) is 0 Å². The first-order chi connectivity index (χ1) is 25.7.